The second-order valence-corrected chi connectivity index (χ2v) is 9.37. The van der Waals surface area contributed by atoms with Gasteiger partial charge in [-0.05, 0) is 64.1 Å². The van der Waals surface area contributed by atoms with Crippen molar-refractivity contribution in [1.82, 2.24) is 0 Å². The van der Waals surface area contributed by atoms with Gasteiger partial charge in [0, 0.05) is 31.9 Å². The lowest BCUT2D eigenvalue weighted by Crippen LogP contribution is -2.57. The Morgan fingerprint density at radius 2 is 1.50 bits per heavy atom. The van der Waals surface area contributed by atoms with Crippen molar-refractivity contribution < 1.29 is 36.0 Å². The van der Waals surface area contributed by atoms with Gasteiger partial charge in [-0.3, -0.25) is 0 Å². The summed E-state index contributed by atoms with van der Waals surface area (Å²) >= 11 is 0. The molecule has 2 aromatic rings. The molecule has 0 bridgehead atoms. The van der Waals surface area contributed by atoms with Crippen molar-refractivity contribution in [3.8, 4) is 0 Å². The van der Waals surface area contributed by atoms with Gasteiger partial charge >= 0.3 is 12.4 Å². The van der Waals surface area contributed by atoms with E-state index in [4.69, 9.17) is 5.11 Å². The standard InChI is InChI=1S/C27H25F6N2.C2H4O/c1-16-8-6-7-9-19(16)24-20-12-10-17(34(2)3)14-22(20)25(26(28,29)30,27(31,32)33)23-15-18(35(4)5)11-13-21(23)24;1-2-3/h6-15H,1-5H3;2-3H,1H2/q+1;. The molecule has 0 unspecified atom stereocenters. The van der Waals surface area contributed by atoms with Gasteiger partial charge < -0.3 is 10.0 Å². The third-order valence-electron chi connectivity index (χ3n) is 6.65. The van der Waals surface area contributed by atoms with E-state index in [1.807, 2.05) is 0 Å². The van der Waals surface area contributed by atoms with E-state index in [0.29, 0.717) is 11.1 Å². The van der Waals surface area contributed by atoms with Crippen LogP contribution in [0.15, 0.2) is 84.7 Å². The summed E-state index contributed by atoms with van der Waals surface area (Å²) < 4.78 is 91.3. The summed E-state index contributed by atoms with van der Waals surface area (Å²) in [7, 11) is 6.32. The first kappa shape index (κ1) is 28.8. The number of aliphatic hydroxyl groups excluding tert-OH is 1. The zero-order valence-corrected chi connectivity index (χ0v) is 21.7. The van der Waals surface area contributed by atoms with Crippen LogP contribution in [-0.4, -0.2) is 55.9 Å². The van der Waals surface area contributed by atoms with Gasteiger partial charge in [0.2, 0.25) is 5.41 Å². The summed E-state index contributed by atoms with van der Waals surface area (Å²) in [5.74, 6) is 0. The number of hydrogen-bond donors (Lipinski definition) is 1. The first-order valence-corrected chi connectivity index (χ1v) is 11.6. The van der Waals surface area contributed by atoms with Crippen molar-refractivity contribution in [2.45, 2.75) is 24.7 Å². The number of rotatable bonds is 2. The highest BCUT2D eigenvalue weighted by Gasteiger charge is 2.75. The Balaban J connectivity index is 0.00000127. The fourth-order valence-electron chi connectivity index (χ4n) is 4.88. The highest BCUT2D eigenvalue weighted by Crippen LogP contribution is 2.63. The van der Waals surface area contributed by atoms with Gasteiger partial charge in [-0.15, -0.1) is 0 Å². The number of aliphatic hydroxyl groups is 1. The van der Waals surface area contributed by atoms with Crippen LogP contribution in [0.5, 0.6) is 0 Å². The summed E-state index contributed by atoms with van der Waals surface area (Å²) in [4.78, 5) is 1.50. The van der Waals surface area contributed by atoms with Crippen molar-refractivity contribution in [3.05, 3.63) is 107 Å². The SMILES string of the molecule is C=CO.Cc1ccccc1C1=C2C=CC(=[N+](C)C)C=C2C(C(F)(F)F)(C(F)(F)F)c2cc(N(C)C)ccc21. The predicted molar refractivity (Wildman–Crippen MR) is 139 cm³/mol. The zero-order valence-electron chi connectivity index (χ0n) is 21.7. The number of hydrogen-bond acceptors (Lipinski definition) is 2. The predicted octanol–water partition coefficient (Wildman–Crippen LogP) is 7.14. The van der Waals surface area contributed by atoms with Crippen LogP contribution in [0, 0.1) is 6.92 Å². The molecule has 2 aliphatic carbocycles. The normalized spacial score (nSPS) is 16.1. The van der Waals surface area contributed by atoms with E-state index < -0.39 is 28.9 Å². The number of alkyl halides is 6. The molecule has 9 heteroatoms. The van der Waals surface area contributed by atoms with Crippen LogP contribution in [0.2, 0.25) is 0 Å². The number of nitrogens with zero attached hydrogens (tertiary/aromatic N) is 2. The Kier molecular flexibility index (Phi) is 7.73. The minimum absolute atomic E-state index is 0.0790. The van der Waals surface area contributed by atoms with Gasteiger partial charge in [0.25, 0.3) is 0 Å². The second-order valence-electron chi connectivity index (χ2n) is 9.37. The topological polar surface area (TPSA) is 26.5 Å². The maximum absolute atomic E-state index is 15.0. The number of halogens is 6. The summed E-state index contributed by atoms with van der Waals surface area (Å²) in [6, 6.07) is 11.0. The Bertz CT molecular complexity index is 1360. The molecule has 2 aromatic carbocycles. The van der Waals surface area contributed by atoms with E-state index in [1.165, 1.54) is 21.6 Å². The molecule has 0 aromatic heterocycles. The fraction of sp³-hybridized carbons (Fsp3) is 0.276. The van der Waals surface area contributed by atoms with Gasteiger partial charge in [0.1, 0.15) is 14.1 Å². The van der Waals surface area contributed by atoms with Gasteiger partial charge in [0.05, 0.1) is 6.26 Å². The van der Waals surface area contributed by atoms with E-state index in [0.717, 1.165) is 24.0 Å². The third kappa shape index (κ3) is 4.54. The molecule has 0 atom stereocenters. The second kappa shape index (κ2) is 10.2. The summed E-state index contributed by atoms with van der Waals surface area (Å²) in [6.45, 7) is 4.71. The number of fused-ring (bicyclic) bond motifs is 2. The molecule has 0 amide bonds. The van der Waals surface area contributed by atoms with E-state index in [1.54, 1.807) is 71.5 Å². The summed E-state index contributed by atoms with van der Waals surface area (Å²) in [6.07, 6.45) is -6.60. The molecule has 38 heavy (non-hydrogen) atoms. The lowest BCUT2D eigenvalue weighted by Gasteiger charge is -2.45. The average molecular weight is 536 g/mol. The van der Waals surface area contributed by atoms with Crippen LogP contribution in [-0.2, 0) is 5.41 Å². The summed E-state index contributed by atoms with van der Waals surface area (Å²) in [5, 5.41) is 7.33. The molecular formula is C29H29F6N2O+. The Hall–Kier alpha value is -3.75. The highest BCUT2D eigenvalue weighted by atomic mass is 19.4. The largest absolute Gasteiger partial charge is 0.516 e. The number of anilines is 1. The number of benzene rings is 2. The van der Waals surface area contributed by atoms with E-state index in [9.17, 15) is 26.3 Å². The molecule has 0 fully saturated rings. The van der Waals surface area contributed by atoms with Crippen LogP contribution >= 0.6 is 0 Å². The van der Waals surface area contributed by atoms with Crippen molar-refractivity contribution in [2.24, 2.45) is 0 Å². The monoisotopic (exact) mass is 535 g/mol. The smallest absolute Gasteiger partial charge is 0.411 e. The van der Waals surface area contributed by atoms with Crippen LogP contribution < -0.4 is 4.90 Å². The van der Waals surface area contributed by atoms with Gasteiger partial charge in [0.15, 0.2) is 5.71 Å². The van der Waals surface area contributed by atoms with Crippen molar-refractivity contribution >= 4 is 17.0 Å². The molecule has 0 radical (unpaired) electrons. The molecule has 0 saturated carbocycles. The van der Waals surface area contributed by atoms with E-state index in [2.05, 4.69) is 6.58 Å². The molecule has 0 aliphatic heterocycles. The number of aryl methyl sites for hydroxylation is 1. The highest BCUT2D eigenvalue weighted by molar-refractivity contribution is 6.07. The molecule has 2 aliphatic rings. The Morgan fingerprint density at radius 3 is 2.00 bits per heavy atom. The zero-order chi connectivity index (χ0) is 28.6. The molecule has 0 spiro atoms. The van der Waals surface area contributed by atoms with Crippen LogP contribution in [0.4, 0.5) is 32.0 Å². The minimum atomic E-state index is -5.65. The first-order chi connectivity index (χ1) is 17.6. The quantitative estimate of drug-likeness (QED) is 0.252. The lowest BCUT2D eigenvalue weighted by atomic mass is 9.61. The fourth-order valence-corrected chi connectivity index (χ4v) is 4.88. The van der Waals surface area contributed by atoms with Crippen molar-refractivity contribution in [3.63, 3.8) is 0 Å². The van der Waals surface area contributed by atoms with Crippen LogP contribution in [0.25, 0.3) is 5.57 Å². The third-order valence-corrected chi connectivity index (χ3v) is 6.65. The van der Waals surface area contributed by atoms with Crippen LogP contribution in [0.3, 0.4) is 0 Å². The Morgan fingerprint density at radius 1 is 0.921 bits per heavy atom. The van der Waals surface area contributed by atoms with Gasteiger partial charge in [-0.1, -0.05) is 36.9 Å². The first-order valence-electron chi connectivity index (χ1n) is 11.6. The van der Waals surface area contributed by atoms with Gasteiger partial charge in [-0.25, -0.2) is 4.58 Å². The molecule has 4 rings (SSSR count). The van der Waals surface area contributed by atoms with E-state index >= 15 is 0 Å². The molecule has 1 N–H and O–H groups in total. The van der Waals surface area contributed by atoms with E-state index in [-0.39, 0.29) is 22.5 Å². The molecule has 0 saturated heterocycles. The molecular weight excluding hydrogens is 506 g/mol. The maximum Gasteiger partial charge on any atom is 0.411 e. The molecule has 3 nitrogen and oxygen atoms in total. The molecule has 202 valence electrons. The number of allylic oxidation sites excluding steroid dienone is 5. The van der Waals surface area contributed by atoms with Crippen molar-refractivity contribution in [1.29, 1.82) is 0 Å². The molecule has 0 heterocycles. The van der Waals surface area contributed by atoms with Gasteiger partial charge in [-0.2, -0.15) is 26.3 Å². The average Bonchev–Trinajstić information content (AvgIpc) is 2.81. The summed E-state index contributed by atoms with van der Waals surface area (Å²) in [5.41, 5.74) is -3.80. The van der Waals surface area contributed by atoms with Crippen LogP contribution in [0.1, 0.15) is 22.3 Å². The minimum Gasteiger partial charge on any atom is -0.516 e. The Labute approximate surface area is 218 Å². The van der Waals surface area contributed by atoms with Crippen molar-refractivity contribution in [2.75, 3.05) is 33.1 Å². The maximum atomic E-state index is 15.0. The lowest BCUT2D eigenvalue weighted by molar-refractivity contribution is -0.462.